The number of hydrogen-bond acceptors (Lipinski definition) is 5. The Morgan fingerprint density at radius 2 is 1.78 bits per heavy atom. The summed E-state index contributed by atoms with van der Waals surface area (Å²) in [7, 11) is 4.10. The van der Waals surface area contributed by atoms with Gasteiger partial charge in [0.15, 0.2) is 5.76 Å². The maximum absolute atomic E-state index is 5.66. The number of hydrogen-bond donors (Lipinski definition) is 0. The summed E-state index contributed by atoms with van der Waals surface area (Å²) in [5.41, 5.74) is 1.25. The Hall–Kier alpha value is -0.910. The zero-order chi connectivity index (χ0) is 15.9. The van der Waals surface area contributed by atoms with E-state index in [0.29, 0.717) is 0 Å². The van der Waals surface area contributed by atoms with Gasteiger partial charge in [-0.1, -0.05) is 5.16 Å². The summed E-state index contributed by atoms with van der Waals surface area (Å²) in [6.07, 6.45) is 6.61. The maximum atomic E-state index is 5.66. The molecule has 0 bridgehead atoms. The Kier molecular flexibility index (Phi) is 4.20. The average Bonchev–Trinajstić information content (AvgIpc) is 3.37. The van der Waals surface area contributed by atoms with Gasteiger partial charge in [-0.25, -0.2) is 0 Å². The lowest BCUT2D eigenvalue weighted by atomic mass is 9.88. The summed E-state index contributed by atoms with van der Waals surface area (Å²) in [6, 6.07) is 2.13. The van der Waals surface area contributed by atoms with Crippen LogP contribution < -0.4 is 0 Å². The van der Waals surface area contributed by atoms with Crippen molar-refractivity contribution >= 4 is 0 Å². The topological polar surface area (TPSA) is 41.7 Å². The molecule has 3 aliphatic rings. The minimum Gasteiger partial charge on any atom is -0.377 e. The minimum absolute atomic E-state index is 0.164. The molecular weight excluding hydrogens is 290 g/mol. The van der Waals surface area contributed by atoms with E-state index in [1.807, 2.05) is 0 Å². The first kappa shape index (κ1) is 15.6. The second-order valence-electron chi connectivity index (χ2n) is 8.21. The van der Waals surface area contributed by atoms with Crippen molar-refractivity contribution in [1.82, 2.24) is 15.0 Å². The van der Waals surface area contributed by atoms with Gasteiger partial charge in [-0.2, -0.15) is 0 Å². The van der Waals surface area contributed by atoms with E-state index in [9.17, 15) is 0 Å². The highest BCUT2D eigenvalue weighted by molar-refractivity contribution is 5.13. The van der Waals surface area contributed by atoms with Gasteiger partial charge in [-0.05, 0) is 51.6 Å². The lowest BCUT2D eigenvalue weighted by Gasteiger charge is -2.50. The molecule has 0 spiro atoms. The molecule has 2 aliphatic carbocycles. The SMILES string of the molecule is CN(C)Cc1cc(CC2(N(CC3CC3)CC3CC3)COC2)no1. The van der Waals surface area contributed by atoms with Crippen LogP contribution in [0.2, 0.25) is 0 Å². The zero-order valence-corrected chi connectivity index (χ0v) is 14.5. The number of rotatable bonds is 9. The fourth-order valence-corrected chi connectivity index (χ4v) is 3.58. The minimum atomic E-state index is 0.164. The molecule has 0 atom stereocenters. The van der Waals surface area contributed by atoms with Crippen LogP contribution in [0.3, 0.4) is 0 Å². The standard InChI is InChI=1S/C18H29N3O2/c1-20(2)11-17-7-16(19-23-17)8-18(12-22-13-18)21(9-14-3-4-14)10-15-5-6-15/h7,14-15H,3-6,8-13H2,1-2H3. The summed E-state index contributed by atoms with van der Waals surface area (Å²) < 4.78 is 11.2. The lowest BCUT2D eigenvalue weighted by Crippen LogP contribution is -2.64. The third kappa shape index (κ3) is 3.78. The third-order valence-corrected chi connectivity index (χ3v) is 5.35. The van der Waals surface area contributed by atoms with Crippen molar-refractivity contribution in [2.45, 2.75) is 44.2 Å². The smallest absolute Gasteiger partial charge is 0.150 e. The molecule has 2 saturated carbocycles. The maximum Gasteiger partial charge on any atom is 0.150 e. The van der Waals surface area contributed by atoms with Crippen molar-refractivity contribution in [2.24, 2.45) is 11.8 Å². The van der Waals surface area contributed by atoms with Crippen LogP contribution in [-0.4, -0.2) is 60.9 Å². The first-order valence-corrected chi connectivity index (χ1v) is 9.05. The van der Waals surface area contributed by atoms with Gasteiger partial charge < -0.3 is 14.2 Å². The first-order chi connectivity index (χ1) is 11.1. The second kappa shape index (κ2) is 6.19. The molecule has 128 valence electrons. The summed E-state index contributed by atoms with van der Waals surface area (Å²) in [5.74, 6) is 2.80. The van der Waals surface area contributed by atoms with Gasteiger partial charge in [0.2, 0.25) is 0 Å². The van der Waals surface area contributed by atoms with E-state index in [1.54, 1.807) is 0 Å². The van der Waals surface area contributed by atoms with E-state index < -0.39 is 0 Å². The Balaban J connectivity index is 1.45. The van der Waals surface area contributed by atoms with E-state index >= 15 is 0 Å². The number of nitrogens with zero attached hydrogens (tertiary/aromatic N) is 3. The van der Waals surface area contributed by atoms with Crippen LogP contribution in [0.1, 0.15) is 37.1 Å². The molecule has 1 saturated heterocycles. The van der Waals surface area contributed by atoms with Crippen molar-refractivity contribution in [3.8, 4) is 0 Å². The van der Waals surface area contributed by atoms with Gasteiger partial charge in [0, 0.05) is 25.6 Å². The predicted octanol–water partition coefficient (Wildman–Crippen LogP) is 2.17. The van der Waals surface area contributed by atoms with Crippen molar-refractivity contribution < 1.29 is 9.26 Å². The van der Waals surface area contributed by atoms with Crippen LogP contribution in [0.5, 0.6) is 0 Å². The van der Waals surface area contributed by atoms with Gasteiger partial charge in [0.05, 0.1) is 31.0 Å². The molecule has 3 fully saturated rings. The summed E-state index contributed by atoms with van der Waals surface area (Å²) in [6.45, 7) is 5.01. The zero-order valence-electron chi connectivity index (χ0n) is 14.5. The van der Waals surface area contributed by atoms with Gasteiger partial charge >= 0.3 is 0 Å². The van der Waals surface area contributed by atoms with E-state index in [4.69, 9.17) is 9.26 Å². The van der Waals surface area contributed by atoms with E-state index in [-0.39, 0.29) is 5.54 Å². The highest BCUT2D eigenvalue weighted by Gasteiger charge is 2.47. The molecule has 0 unspecified atom stereocenters. The highest BCUT2D eigenvalue weighted by atomic mass is 16.5. The van der Waals surface area contributed by atoms with E-state index in [2.05, 4.69) is 35.1 Å². The van der Waals surface area contributed by atoms with Gasteiger partial charge in [0.1, 0.15) is 0 Å². The largest absolute Gasteiger partial charge is 0.377 e. The van der Waals surface area contributed by atoms with Gasteiger partial charge in [-0.15, -0.1) is 0 Å². The summed E-state index contributed by atoms with van der Waals surface area (Å²) in [4.78, 5) is 4.85. The van der Waals surface area contributed by atoms with Crippen molar-refractivity contribution in [2.75, 3.05) is 40.4 Å². The molecule has 23 heavy (non-hydrogen) atoms. The molecule has 5 nitrogen and oxygen atoms in total. The fourth-order valence-electron chi connectivity index (χ4n) is 3.58. The van der Waals surface area contributed by atoms with Crippen LogP contribution in [-0.2, 0) is 17.7 Å². The Morgan fingerprint density at radius 1 is 1.13 bits per heavy atom. The van der Waals surface area contributed by atoms with E-state index in [1.165, 1.54) is 38.8 Å². The average molecular weight is 319 g/mol. The summed E-state index contributed by atoms with van der Waals surface area (Å²) >= 11 is 0. The number of ether oxygens (including phenoxy) is 1. The predicted molar refractivity (Wildman–Crippen MR) is 88.2 cm³/mol. The normalized spacial score (nSPS) is 23.5. The van der Waals surface area contributed by atoms with Crippen molar-refractivity contribution in [3.05, 3.63) is 17.5 Å². The monoisotopic (exact) mass is 319 g/mol. The van der Waals surface area contributed by atoms with Gasteiger partial charge in [-0.3, -0.25) is 4.90 Å². The van der Waals surface area contributed by atoms with E-state index in [0.717, 1.165) is 49.5 Å². The molecule has 1 aromatic heterocycles. The van der Waals surface area contributed by atoms with Crippen molar-refractivity contribution in [3.63, 3.8) is 0 Å². The van der Waals surface area contributed by atoms with Crippen LogP contribution in [0.15, 0.2) is 10.6 Å². The van der Waals surface area contributed by atoms with Crippen molar-refractivity contribution in [1.29, 1.82) is 0 Å². The molecule has 4 rings (SSSR count). The van der Waals surface area contributed by atoms with Crippen LogP contribution in [0, 0.1) is 11.8 Å². The van der Waals surface area contributed by atoms with Crippen LogP contribution in [0.4, 0.5) is 0 Å². The molecule has 1 aromatic rings. The third-order valence-electron chi connectivity index (χ3n) is 5.35. The molecule has 0 N–H and O–H groups in total. The second-order valence-corrected chi connectivity index (χ2v) is 8.21. The Morgan fingerprint density at radius 3 is 2.26 bits per heavy atom. The van der Waals surface area contributed by atoms with Gasteiger partial charge in [0.25, 0.3) is 0 Å². The quantitative estimate of drug-likeness (QED) is 0.698. The number of aromatic nitrogens is 1. The molecule has 2 heterocycles. The Labute approximate surface area is 138 Å². The van der Waals surface area contributed by atoms with Crippen LogP contribution >= 0.6 is 0 Å². The summed E-state index contributed by atoms with van der Waals surface area (Å²) in [5, 5.41) is 4.32. The lowest BCUT2D eigenvalue weighted by molar-refractivity contribution is -0.143. The molecule has 0 radical (unpaired) electrons. The molecule has 0 aromatic carbocycles. The fraction of sp³-hybridized carbons (Fsp3) is 0.833. The highest BCUT2D eigenvalue weighted by Crippen LogP contribution is 2.39. The molecule has 0 amide bonds. The molecule has 5 heteroatoms. The van der Waals surface area contributed by atoms with Crippen LogP contribution in [0.25, 0.3) is 0 Å². The first-order valence-electron chi connectivity index (χ1n) is 9.05. The molecule has 1 aliphatic heterocycles. The molecular formula is C18H29N3O2. The Bertz CT molecular complexity index is 516.